The summed E-state index contributed by atoms with van der Waals surface area (Å²) in [6.45, 7) is 8.14. The number of aromatic nitrogens is 3. The molecule has 0 unspecified atom stereocenters. The van der Waals surface area contributed by atoms with Gasteiger partial charge in [0.2, 0.25) is 0 Å². The van der Waals surface area contributed by atoms with Gasteiger partial charge in [0.15, 0.2) is 5.11 Å². The topological polar surface area (TPSA) is 49.2 Å². The second kappa shape index (κ2) is 8.77. The number of pyridine rings is 2. The highest BCUT2D eigenvalue weighted by Crippen LogP contribution is 2.41. The Morgan fingerprint density at radius 2 is 1.90 bits per heavy atom. The van der Waals surface area contributed by atoms with Crippen molar-refractivity contribution in [3.05, 3.63) is 77.0 Å². The maximum atomic E-state index is 5.79. The minimum absolute atomic E-state index is 0.00390. The molecule has 0 aromatic carbocycles. The van der Waals surface area contributed by atoms with Crippen LogP contribution >= 0.6 is 12.2 Å². The van der Waals surface area contributed by atoms with Crippen molar-refractivity contribution >= 4 is 17.3 Å². The number of rotatable bonds is 6. The number of likely N-dealkylation sites (N-methyl/N-ethyl adjacent to an activating group) is 1. The molecule has 1 saturated heterocycles. The van der Waals surface area contributed by atoms with E-state index in [4.69, 9.17) is 12.2 Å². The van der Waals surface area contributed by atoms with Crippen molar-refractivity contribution in [3.63, 3.8) is 0 Å². The Morgan fingerprint density at radius 3 is 2.55 bits per heavy atom. The molecule has 31 heavy (non-hydrogen) atoms. The lowest BCUT2D eigenvalue weighted by Crippen LogP contribution is -2.35. The van der Waals surface area contributed by atoms with Gasteiger partial charge in [-0.1, -0.05) is 12.1 Å². The summed E-state index contributed by atoms with van der Waals surface area (Å²) >= 11 is 5.79. The predicted molar refractivity (Wildman–Crippen MR) is 128 cm³/mol. The zero-order chi connectivity index (χ0) is 22.1. The first kappa shape index (κ1) is 21.5. The predicted octanol–water partition coefficient (Wildman–Crippen LogP) is 3.73. The third kappa shape index (κ3) is 4.20. The van der Waals surface area contributed by atoms with Crippen LogP contribution in [0.25, 0.3) is 5.82 Å². The molecular formula is C24H30N6S. The summed E-state index contributed by atoms with van der Waals surface area (Å²) in [4.78, 5) is 13.8. The minimum Gasteiger partial charge on any atom is -0.352 e. The molecule has 4 rings (SSSR count). The van der Waals surface area contributed by atoms with E-state index in [1.165, 1.54) is 11.3 Å². The van der Waals surface area contributed by atoms with E-state index in [0.29, 0.717) is 0 Å². The molecule has 0 spiro atoms. The van der Waals surface area contributed by atoms with E-state index in [1.54, 1.807) is 0 Å². The van der Waals surface area contributed by atoms with Gasteiger partial charge in [-0.2, -0.15) is 0 Å². The third-order valence-corrected chi connectivity index (χ3v) is 6.25. The number of thiocarbonyl (C=S) groups is 1. The summed E-state index contributed by atoms with van der Waals surface area (Å²) in [7, 11) is 4.18. The standard InChI is InChI=1S/C24H30N6S/c1-16-9-10-21(26-15-16)30-17(2)14-19(18(30)3)23-22(20-8-6-7-11-25-20)27-24(31)29(23)13-12-28(4)5/h6-11,14-15,22-23H,12-13H2,1-5H3,(H,27,31)/t22-,23-/m1/s1. The normalized spacial score (nSPS) is 18.6. The van der Waals surface area contributed by atoms with E-state index in [1.807, 2.05) is 24.5 Å². The fraction of sp³-hybridized carbons (Fsp3) is 0.375. The van der Waals surface area contributed by atoms with Gasteiger partial charge in [0.05, 0.1) is 17.8 Å². The highest BCUT2D eigenvalue weighted by molar-refractivity contribution is 7.80. The SMILES string of the molecule is Cc1ccc(-n2c(C)cc([C@@H]3[C@@H](c4ccccn4)NC(=S)N3CCN(C)C)c2C)nc1. The van der Waals surface area contributed by atoms with Gasteiger partial charge >= 0.3 is 0 Å². The van der Waals surface area contributed by atoms with Crippen molar-refractivity contribution in [1.82, 2.24) is 29.7 Å². The highest BCUT2D eigenvalue weighted by Gasteiger charge is 2.41. The van der Waals surface area contributed by atoms with Crippen molar-refractivity contribution in [3.8, 4) is 5.82 Å². The molecule has 1 aliphatic rings. The maximum absolute atomic E-state index is 5.79. The lowest BCUT2D eigenvalue weighted by Gasteiger charge is -2.29. The molecule has 1 N–H and O–H groups in total. The molecule has 0 amide bonds. The maximum Gasteiger partial charge on any atom is 0.170 e. The first-order chi connectivity index (χ1) is 14.9. The number of nitrogens with one attached hydrogen (secondary N) is 1. The van der Waals surface area contributed by atoms with Gasteiger partial charge in [-0.25, -0.2) is 4.98 Å². The van der Waals surface area contributed by atoms with Crippen molar-refractivity contribution in [1.29, 1.82) is 0 Å². The van der Waals surface area contributed by atoms with Crippen LogP contribution in [-0.4, -0.2) is 56.6 Å². The first-order valence-electron chi connectivity index (χ1n) is 10.6. The molecule has 0 bridgehead atoms. The van der Waals surface area contributed by atoms with Gasteiger partial charge in [-0.05, 0) is 82.5 Å². The Balaban J connectivity index is 1.80. The van der Waals surface area contributed by atoms with Crippen molar-refractivity contribution in [2.24, 2.45) is 0 Å². The van der Waals surface area contributed by atoms with Crippen LogP contribution < -0.4 is 5.32 Å². The number of hydrogen-bond donors (Lipinski definition) is 1. The van der Waals surface area contributed by atoms with Crippen LogP contribution in [0.3, 0.4) is 0 Å². The van der Waals surface area contributed by atoms with Crippen molar-refractivity contribution in [2.75, 3.05) is 27.2 Å². The van der Waals surface area contributed by atoms with Crippen LogP contribution in [0.2, 0.25) is 0 Å². The summed E-state index contributed by atoms with van der Waals surface area (Å²) in [6, 6.07) is 12.6. The van der Waals surface area contributed by atoms with Gasteiger partial charge in [0.25, 0.3) is 0 Å². The largest absolute Gasteiger partial charge is 0.352 e. The fourth-order valence-corrected chi connectivity index (χ4v) is 4.66. The first-order valence-corrected chi connectivity index (χ1v) is 11.0. The number of nitrogens with zero attached hydrogens (tertiary/aromatic N) is 5. The van der Waals surface area contributed by atoms with Gasteiger partial charge < -0.3 is 19.7 Å². The summed E-state index contributed by atoms with van der Waals surface area (Å²) in [5.41, 5.74) is 5.75. The molecule has 0 radical (unpaired) electrons. The Kier molecular flexibility index (Phi) is 6.07. The lowest BCUT2D eigenvalue weighted by molar-refractivity contribution is 0.277. The van der Waals surface area contributed by atoms with Gasteiger partial charge in [-0.3, -0.25) is 4.98 Å². The molecule has 162 valence electrons. The monoisotopic (exact) mass is 434 g/mol. The molecule has 2 atom stereocenters. The Morgan fingerprint density at radius 1 is 1.10 bits per heavy atom. The zero-order valence-corrected chi connectivity index (χ0v) is 19.6. The van der Waals surface area contributed by atoms with Crippen molar-refractivity contribution < 1.29 is 0 Å². The molecule has 6 nitrogen and oxygen atoms in total. The van der Waals surface area contributed by atoms with Crippen LogP contribution in [0.4, 0.5) is 0 Å². The second-order valence-electron chi connectivity index (χ2n) is 8.48. The van der Waals surface area contributed by atoms with Gasteiger partial charge in [0, 0.05) is 36.9 Å². The van der Waals surface area contributed by atoms with E-state index in [2.05, 4.69) is 88.8 Å². The molecule has 1 fully saturated rings. The lowest BCUT2D eigenvalue weighted by atomic mass is 9.97. The molecule has 0 aliphatic carbocycles. The minimum atomic E-state index is -0.00390. The molecule has 0 saturated carbocycles. The average Bonchev–Trinajstić information content (AvgIpc) is 3.23. The fourth-order valence-electron chi connectivity index (χ4n) is 4.32. The van der Waals surface area contributed by atoms with Crippen LogP contribution in [0.5, 0.6) is 0 Å². The number of aryl methyl sites for hydroxylation is 2. The summed E-state index contributed by atoms with van der Waals surface area (Å²) in [5.74, 6) is 0.939. The van der Waals surface area contributed by atoms with E-state index < -0.39 is 0 Å². The van der Waals surface area contributed by atoms with E-state index in [9.17, 15) is 0 Å². The molecule has 7 heteroatoms. The van der Waals surface area contributed by atoms with E-state index in [-0.39, 0.29) is 12.1 Å². The Hall–Kier alpha value is -2.77. The Bertz CT molecular complexity index is 1060. The van der Waals surface area contributed by atoms with Crippen LogP contribution in [0.15, 0.2) is 48.8 Å². The highest BCUT2D eigenvalue weighted by atomic mass is 32.1. The summed E-state index contributed by atoms with van der Waals surface area (Å²) in [5, 5.41) is 4.33. The van der Waals surface area contributed by atoms with Crippen molar-refractivity contribution in [2.45, 2.75) is 32.9 Å². The molecular weight excluding hydrogens is 404 g/mol. The van der Waals surface area contributed by atoms with Crippen LogP contribution in [-0.2, 0) is 0 Å². The second-order valence-corrected chi connectivity index (χ2v) is 8.87. The molecule has 4 heterocycles. The Labute approximate surface area is 189 Å². The van der Waals surface area contributed by atoms with E-state index in [0.717, 1.165) is 41.0 Å². The third-order valence-electron chi connectivity index (χ3n) is 5.90. The summed E-state index contributed by atoms with van der Waals surface area (Å²) in [6.07, 6.45) is 3.76. The van der Waals surface area contributed by atoms with Gasteiger partial charge in [0.1, 0.15) is 5.82 Å². The quantitative estimate of drug-likeness (QED) is 0.597. The molecule has 3 aromatic heterocycles. The molecule has 1 aliphatic heterocycles. The zero-order valence-electron chi connectivity index (χ0n) is 18.8. The smallest absolute Gasteiger partial charge is 0.170 e. The van der Waals surface area contributed by atoms with Gasteiger partial charge in [-0.15, -0.1) is 0 Å². The molecule has 3 aromatic rings. The summed E-state index contributed by atoms with van der Waals surface area (Å²) < 4.78 is 2.23. The average molecular weight is 435 g/mol. The van der Waals surface area contributed by atoms with Crippen LogP contribution in [0, 0.1) is 20.8 Å². The number of hydrogen-bond acceptors (Lipinski definition) is 4. The van der Waals surface area contributed by atoms with E-state index >= 15 is 0 Å². The van der Waals surface area contributed by atoms with Crippen LogP contribution in [0.1, 0.15) is 40.3 Å².